The number of benzene rings is 2. The van der Waals surface area contributed by atoms with Crippen LogP contribution in [-0.2, 0) is 0 Å². The number of para-hydroxylation sites is 2. The summed E-state index contributed by atoms with van der Waals surface area (Å²) in [6.45, 7) is 3.90. The van der Waals surface area contributed by atoms with Gasteiger partial charge in [-0.05, 0) is 79.0 Å². The normalized spacial score (nSPS) is 10.3. The van der Waals surface area contributed by atoms with Crippen molar-refractivity contribution in [2.75, 3.05) is 5.32 Å². The molecule has 0 fully saturated rings. The second-order valence-electron chi connectivity index (χ2n) is 5.08. The third-order valence-electron chi connectivity index (χ3n) is 2.81. The van der Waals surface area contributed by atoms with E-state index >= 15 is 0 Å². The van der Waals surface area contributed by atoms with Crippen LogP contribution >= 0.6 is 34.8 Å². The molecule has 6 heteroatoms. The highest BCUT2D eigenvalue weighted by atomic mass is 127. The van der Waals surface area contributed by atoms with Crippen LogP contribution in [0.4, 0.5) is 5.69 Å². The van der Waals surface area contributed by atoms with E-state index in [1.165, 1.54) is 0 Å². The minimum Gasteiger partial charge on any atom is -0.489 e. The number of hydrogen-bond donors (Lipinski definition) is 2. The Morgan fingerprint density at radius 3 is 2.61 bits per heavy atom. The Hall–Kier alpha value is -1.67. The summed E-state index contributed by atoms with van der Waals surface area (Å²) in [4.78, 5) is 12.2. The van der Waals surface area contributed by atoms with E-state index in [-0.39, 0.29) is 17.1 Å². The van der Waals surface area contributed by atoms with Crippen LogP contribution in [0.3, 0.4) is 0 Å². The van der Waals surface area contributed by atoms with Gasteiger partial charge in [0.25, 0.3) is 5.91 Å². The molecule has 0 saturated carbocycles. The molecule has 0 atom stereocenters. The van der Waals surface area contributed by atoms with Crippen LogP contribution < -0.4 is 15.4 Å². The molecule has 2 aromatic carbocycles. The van der Waals surface area contributed by atoms with Crippen molar-refractivity contribution >= 4 is 51.5 Å². The van der Waals surface area contributed by atoms with Crippen molar-refractivity contribution in [3.05, 3.63) is 57.7 Å². The third kappa shape index (κ3) is 5.47. The van der Waals surface area contributed by atoms with Gasteiger partial charge >= 0.3 is 0 Å². The van der Waals surface area contributed by atoms with Gasteiger partial charge in [-0.25, -0.2) is 0 Å². The van der Waals surface area contributed by atoms with E-state index in [1.54, 1.807) is 12.1 Å². The van der Waals surface area contributed by atoms with Gasteiger partial charge < -0.3 is 10.1 Å². The molecule has 0 bridgehead atoms. The number of nitrogens with one attached hydrogen (secondary N) is 2. The quantitative estimate of drug-likeness (QED) is 0.553. The zero-order chi connectivity index (χ0) is 16.8. The Morgan fingerprint density at radius 1 is 1.17 bits per heavy atom. The van der Waals surface area contributed by atoms with E-state index in [4.69, 9.17) is 17.0 Å². The molecule has 0 unspecified atom stereocenters. The fourth-order valence-electron chi connectivity index (χ4n) is 1.89. The second-order valence-corrected chi connectivity index (χ2v) is 6.74. The zero-order valence-electron chi connectivity index (χ0n) is 12.8. The lowest BCUT2D eigenvalue weighted by atomic mass is 10.2. The van der Waals surface area contributed by atoms with Crippen molar-refractivity contribution in [2.45, 2.75) is 20.0 Å². The van der Waals surface area contributed by atoms with Crippen LogP contribution in [0.15, 0.2) is 48.5 Å². The number of thiocarbonyl (C=S) groups is 1. The first kappa shape index (κ1) is 17.7. The lowest BCUT2D eigenvalue weighted by Crippen LogP contribution is -2.34. The number of rotatable bonds is 4. The monoisotopic (exact) mass is 440 g/mol. The molecule has 0 aliphatic rings. The summed E-state index contributed by atoms with van der Waals surface area (Å²) in [5, 5.41) is 5.91. The largest absolute Gasteiger partial charge is 0.489 e. The molecular formula is C17H17IN2O2S. The van der Waals surface area contributed by atoms with Crippen LogP contribution in [0.1, 0.15) is 24.2 Å². The molecule has 2 rings (SSSR count). The highest BCUT2D eigenvalue weighted by Crippen LogP contribution is 2.24. The first-order valence-corrected chi connectivity index (χ1v) is 8.58. The van der Waals surface area contributed by atoms with Crippen LogP contribution in [0, 0.1) is 3.57 Å². The minimum atomic E-state index is -0.247. The van der Waals surface area contributed by atoms with Gasteiger partial charge in [0.05, 0.1) is 11.8 Å². The topological polar surface area (TPSA) is 50.4 Å². The second kappa shape index (κ2) is 8.26. The Morgan fingerprint density at radius 2 is 1.91 bits per heavy atom. The predicted octanol–water partition coefficient (Wildman–Crippen LogP) is 4.21. The van der Waals surface area contributed by atoms with Gasteiger partial charge in [-0.3, -0.25) is 10.1 Å². The van der Waals surface area contributed by atoms with E-state index in [1.807, 2.05) is 50.2 Å². The Kier molecular flexibility index (Phi) is 6.35. The van der Waals surface area contributed by atoms with Gasteiger partial charge in [-0.15, -0.1) is 0 Å². The van der Waals surface area contributed by atoms with Crippen molar-refractivity contribution in [1.29, 1.82) is 0 Å². The van der Waals surface area contributed by atoms with Crippen molar-refractivity contribution in [3.63, 3.8) is 0 Å². The SMILES string of the molecule is CC(C)Oc1ccccc1NC(=S)NC(=O)c1cccc(I)c1. The maximum absolute atomic E-state index is 12.2. The average molecular weight is 440 g/mol. The molecule has 1 amide bonds. The van der Waals surface area contributed by atoms with Gasteiger partial charge in [0.15, 0.2) is 5.11 Å². The molecule has 4 nitrogen and oxygen atoms in total. The fourth-order valence-corrected chi connectivity index (χ4v) is 2.63. The number of carbonyl (C=O) groups excluding carboxylic acids is 1. The van der Waals surface area contributed by atoms with Crippen LogP contribution in [0.25, 0.3) is 0 Å². The van der Waals surface area contributed by atoms with E-state index in [0.717, 1.165) is 3.57 Å². The molecule has 120 valence electrons. The molecule has 0 saturated heterocycles. The summed E-state index contributed by atoms with van der Waals surface area (Å²) >= 11 is 7.38. The summed E-state index contributed by atoms with van der Waals surface area (Å²) in [7, 11) is 0. The molecule has 2 aromatic rings. The lowest BCUT2D eigenvalue weighted by Gasteiger charge is -2.16. The van der Waals surface area contributed by atoms with E-state index in [0.29, 0.717) is 17.0 Å². The van der Waals surface area contributed by atoms with Gasteiger partial charge in [0.1, 0.15) is 5.75 Å². The van der Waals surface area contributed by atoms with Crippen LogP contribution in [-0.4, -0.2) is 17.1 Å². The molecule has 0 aliphatic carbocycles. The van der Waals surface area contributed by atoms with E-state index in [9.17, 15) is 4.79 Å². The standard InChI is InChI=1S/C17H17IN2O2S/c1-11(2)22-15-9-4-3-8-14(15)19-17(23)20-16(21)12-6-5-7-13(18)10-12/h3-11H,1-2H3,(H2,19,20,21,23). The molecule has 0 heterocycles. The maximum atomic E-state index is 12.2. The van der Waals surface area contributed by atoms with Crippen molar-refractivity contribution in [2.24, 2.45) is 0 Å². The van der Waals surface area contributed by atoms with Gasteiger partial charge in [-0.1, -0.05) is 18.2 Å². The van der Waals surface area contributed by atoms with Crippen LogP contribution in [0.2, 0.25) is 0 Å². The number of ether oxygens (including phenoxy) is 1. The Bertz CT molecular complexity index is 719. The number of hydrogen-bond acceptors (Lipinski definition) is 3. The van der Waals surface area contributed by atoms with Gasteiger partial charge in [0, 0.05) is 9.13 Å². The summed E-state index contributed by atoms with van der Waals surface area (Å²) < 4.78 is 6.71. The molecule has 0 spiro atoms. The fraction of sp³-hybridized carbons (Fsp3) is 0.176. The highest BCUT2D eigenvalue weighted by molar-refractivity contribution is 14.1. The van der Waals surface area contributed by atoms with Gasteiger partial charge in [0.2, 0.25) is 0 Å². The number of amides is 1. The summed E-state index contributed by atoms with van der Waals surface area (Å²) in [6.07, 6.45) is 0.0486. The van der Waals surface area contributed by atoms with Gasteiger partial charge in [-0.2, -0.15) is 0 Å². The van der Waals surface area contributed by atoms with Crippen LogP contribution in [0.5, 0.6) is 5.75 Å². The number of carbonyl (C=O) groups is 1. The summed E-state index contributed by atoms with van der Waals surface area (Å²) in [5.74, 6) is 0.441. The molecular weight excluding hydrogens is 423 g/mol. The number of halogens is 1. The van der Waals surface area contributed by atoms with Crippen molar-refractivity contribution in [1.82, 2.24) is 5.32 Å². The molecule has 0 aromatic heterocycles. The third-order valence-corrected chi connectivity index (χ3v) is 3.69. The first-order chi connectivity index (χ1) is 11.0. The predicted molar refractivity (Wildman–Crippen MR) is 105 cm³/mol. The summed E-state index contributed by atoms with van der Waals surface area (Å²) in [6, 6.07) is 14.8. The molecule has 23 heavy (non-hydrogen) atoms. The number of anilines is 1. The average Bonchev–Trinajstić information content (AvgIpc) is 2.48. The van der Waals surface area contributed by atoms with E-state index < -0.39 is 0 Å². The molecule has 0 radical (unpaired) electrons. The summed E-state index contributed by atoms with van der Waals surface area (Å²) in [5.41, 5.74) is 1.28. The lowest BCUT2D eigenvalue weighted by molar-refractivity contribution is 0.0977. The highest BCUT2D eigenvalue weighted by Gasteiger charge is 2.10. The van der Waals surface area contributed by atoms with E-state index in [2.05, 4.69) is 33.2 Å². The minimum absolute atomic E-state index is 0.0486. The molecule has 2 N–H and O–H groups in total. The van der Waals surface area contributed by atoms with Crippen molar-refractivity contribution in [3.8, 4) is 5.75 Å². The zero-order valence-corrected chi connectivity index (χ0v) is 15.8. The molecule has 0 aliphatic heterocycles. The Labute approximate surface area is 154 Å². The Balaban J connectivity index is 2.04. The van der Waals surface area contributed by atoms with Crippen molar-refractivity contribution < 1.29 is 9.53 Å². The maximum Gasteiger partial charge on any atom is 0.257 e. The smallest absolute Gasteiger partial charge is 0.257 e. The first-order valence-electron chi connectivity index (χ1n) is 7.09.